The molecule has 0 radical (unpaired) electrons. The Hall–Kier alpha value is -1.42. The van der Waals surface area contributed by atoms with Gasteiger partial charge in [-0.3, -0.25) is 0 Å². The van der Waals surface area contributed by atoms with Gasteiger partial charge in [0.25, 0.3) is 0 Å². The van der Waals surface area contributed by atoms with Crippen molar-refractivity contribution in [1.82, 2.24) is 10.6 Å². The molecule has 1 aromatic rings. The van der Waals surface area contributed by atoms with E-state index in [1.165, 1.54) is 25.7 Å². The molecule has 1 fully saturated rings. The number of ether oxygens (including phenoxy) is 1. The average Bonchev–Trinajstić information content (AvgIpc) is 2.74. The maximum Gasteiger partial charge on any atom is 0.315 e. The zero-order valence-corrected chi connectivity index (χ0v) is 13.0. The Balaban J connectivity index is 1.59. The largest absolute Gasteiger partial charge is 0.492 e. The fourth-order valence-corrected chi connectivity index (χ4v) is 2.65. The van der Waals surface area contributed by atoms with Gasteiger partial charge in [0.15, 0.2) is 0 Å². The van der Waals surface area contributed by atoms with Crippen molar-refractivity contribution in [3.63, 3.8) is 0 Å². The normalized spacial score (nSPS) is 16.0. The highest BCUT2D eigenvalue weighted by Crippen LogP contribution is 2.17. The van der Waals surface area contributed by atoms with Crippen molar-refractivity contribution in [2.75, 3.05) is 13.2 Å². The number of halogens is 1. The number of amides is 2. The molecule has 0 bridgehead atoms. The lowest BCUT2D eigenvalue weighted by molar-refractivity contribution is 0.231. The van der Waals surface area contributed by atoms with E-state index in [2.05, 4.69) is 10.6 Å². The standard InChI is InChI=1S/C16H23ClN2O2/c17-13-7-9-15(10-8-13)21-12-11-18-16(20)19-14-5-3-1-2-4-6-14/h7-10,14H,1-6,11-12H2,(H2,18,19,20). The van der Waals surface area contributed by atoms with Crippen LogP contribution < -0.4 is 15.4 Å². The molecule has 1 aromatic carbocycles. The van der Waals surface area contributed by atoms with Gasteiger partial charge in [-0.1, -0.05) is 37.3 Å². The molecule has 0 unspecified atom stereocenters. The number of rotatable bonds is 5. The Morgan fingerprint density at radius 1 is 1.14 bits per heavy atom. The number of hydrogen-bond acceptors (Lipinski definition) is 2. The van der Waals surface area contributed by atoms with E-state index in [1.54, 1.807) is 12.1 Å². The molecule has 0 aromatic heterocycles. The highest BCUT2D eigenvalue weighted by Gasteiger charge is 2.14. The summed E-state index contributed by atoms with van der Waals surface area (Å²) < 4.78 is 5.52. The molecule has 1 aliphatic carbocycles. The zero-order chi connectivity index (χ0) is 14.9. The van der Waals surface area contributed by atoms with Crippen molar-refractivity contribution in [2.45, 2.75) is 44.6 Å². The van der Waals surface area contributed by atoms with Gasteiger partial charge in [-0.2, -0.15) is 0 Å². The second-order valence-electron chi connectivity index (χ2n) is 5.39. The lowest BCUT2D eigenvalue weighted by Gasteiger charge is -2.16. The summed E-state index contributed by atoms with van der Waals surface area (Å²) in [4.78, 5) is 11.8. The van der Waals surface area contributed by atoms with E-state index in [-0.39, 0.29) is 6.03 Å². The van der Waals surface area contributed by atoms with Crippen LogP contribution in [0.2, 0.25) is 5.02 Å². The molecule has 1 aliphatic rings. The lowest BCUT2D eigenvalue weighted by Crippen LogP contribution is -2.43. The molecule has 5 heteroatoms. The van der Waals surface area contributed by atoms with Crippen LogP contribution in [0.5, 0.6) is 5.75 Å². The fraction of sp³-hybridized carbons (Fsp3) is 0.562. The van der Waals surface area contributed by atoms with E-state index in [9.17, 15) is 4.79 Å². The Kier molecular flexibility index (Phi) is 6.67. The first-order valence-corrected chi connectivity index (χ1v) is 8.04. The van der Waals surface area contributed by atoms with Crippen LogP contribution in [0.1, 0.15) is 38.5 Å². The molecule has 0 aliphatic heterocycles. The quantitative estimate of drug-likeness (QED) is 0.643. The lowest BCUT2D eigenvalue weighted by atomic mass is 10.1. The maximum atomic E-state index is 11.8. The molecule has 0 spiro atoms. The van der Waals surface area contributed by atoms with Crippen molar-refractivity contribution < 1.29 is 9.53 Å². The summed E-state index contributed by atoms with van der Waals surface area (Å²) in [5.41, 5.74) is 0. The van der Waals surface area contributed by atoms with Gasteiger partial charge >= 0.3 is 6.03 Å². The van der Waals surface area contributed by atoms with E-state index in [0.717, 1.165) is 18.6 Å². The van der Waals surface area contributed by atoms with Gasteiger partial charge in [0.1, 0.15) is 12.4 Å². The Bertz CT molecular complexity index is 428. The van der Waals surface area contributed by atoms with E-state index < -0.39 is 0 Å². The van der Waals surface area contributed by atoms with Crippen LogP contribution in [0.3, 0.4) is 0 Å². The summed E-state index contributed by atoms with van der Waals surface area (Å²) in [5, 5.41) is 6.56. The van der Waals surface area contributed by atoms with Crippen molar-refractivity contribution >= 4 is 17.6 Å². The monoisotopic (exact) mass is 310 g/mol. The number of urea groups is 1. The minimum atomic E-state index is -0.0957. The highest BCUT2D eigenvalue weighted by molar-refractivity contribution is 6.30. The molecule has 4 nitrogen and oxygen atoms in total. The van der Waals surface area contributed by atoms with Crippen LogP contribution in [0.25, 0.3) is 0 Å². The molecular weight excluding hydrogens is 288 g/mol. The molecule has 2 amide bonds. The number of carbonyl (C=O) groups excluding carboxylic acids is 1. The molecule has 21 heavy (non-hydrogen) atoms. The van der Waals surface area contributed by atoms with E-state index in [1.807, 2.05) is 12.1 Å². The molecule has 0 heterocycles. The van der Waals surface area contributed by atoms with Crippen LogP contribution in [-0.4, -0.2) is 25.2 Å². The molecule has 1 saturated carbocycles. The Morgan fingerprint density at radius 2 is 1.81 bits per heavy atom. The van der Waals surface area contributed by atoms with Crippen molar-refractivity contribution in [3.05, 3.63) is 29.3 Å². The first-order valence-electron chi connectivity index (χ1n) is 7.67. The van der Waals surface area contributed by atoms with Crippen LogP contribution in [0.15, 0.2) is 24.3 Å². The predicted molar refractivity (Wildman–Crippen MR) is 85.0 cm³/mol. The fourth-order valence-electron chi connectivity index (χ4n) is 2.52. The summed E-state index contributed by atoms with van der Waals surface area (Å²) in [6.07, 6.45) is 7.18. The van der Waals surface area contributed by atoms with Crippen LogP contribution in [0, 0.1) is 0 Å². The molecule has 0 atom stereocenters. The molecular formula is C16H23ClN2O2. The topological polar surface area (TPSA) is 50.4 Å². The summed E-state index contributed by atoms with van der Waals surface area (Å²) in [6, 6.07) is 7.42. The highest BCUT2D eigenvalue weighted by atomic mass is 35.5. The van der Waals surface area contributed by atoms with Gasteiger partial charge in [-0.25, -0.2) is 4.79 Å². The Morgan fingerprint density at radius 3 is 2.48 bits per heavy atom. The van der Waals surface area contributed by atoms with Crippen molar-refractivity contribution in [3.8, 4) is 5.75 Å². The minimum Gasteiger partial charge on any atom is -0.492 e. The SMILES string of the molecule is O=C(NCCOc1ccc(Cl)cc1)NC1CCCCCC1. The third kappa shape index (κ3) is 6.25. The smallest absolute Gasteiger partial charge is 0.315 e. The van der Waals surface area contributed by atoms with Gasteiger partial charge in [0.05, 0.1) is 6.54 Å². The maximum absolute atomic E-state index is 11.8. The van der Waals surface area contributed by atoms with Gasteiger partial charge in [0, 0.05) is 11.1 Å². The first kappa shape index (κ1) is 16.0. The van der Waals surface area contributed by atoms with E-state index in [0.29, 0.717) is 24.2 Å². The van der Waals surface area contributed by atoms with Crippen LogP contribution >= 0.6 is 11.6 Å². The third-order valence-electron chi connectivity index (χ3n) is 3.66. The van der Waals surface area contributed by atoms with E-state index >= 15 is 0 Å². The minimum absolute atomic E-state index is 0.0957. The second-order valence-corrected chi connectivity index (χ2v) is 5.83. The van der Waals surface area contributed by atoms with Crippen LogP contribution in [-0.2, 0) is 0 Å². The molecule has 116 valence electrons. The van der Waals surface area contributed by atoms with Crippen molar-refractivity contribution in [2.24, 2.45) is 0 Å². The summed E-state index contributed by atoms with van der Waals surface area (Å²) >= 11 is 5.80. The summed E-state index contributed by atoms with van der Waals surface area (Å²) in [7, 11) is 0. The molecule has 2 N–H and O–H groups in total. The van der Waals surface area contributed by atoms with Crippen molar-refractivity contribution in [1.29, 1.82) is 0 Å². The van der Waals surface area contributed by atoms with E-state index in [4.69, 9.17) is 16.3 Å². The van der Waals surface area contributed by atoms with Gasteiger partial charge in [-0.05, 0) is 37.1 Å². The predicted octanol–water partition coefficient (Wildman–Crippen LogP) is 3.74. The first-order chi connectivity index (χ1) is 10.2. The third-order valence-corrected chi connectivity index (χ3v) is 3.91. The number of benzene rings is 1. The molecule has 0 saturated heterocycles. The number of nitrogens with one attached hydrogen (secondary N) is 2. The summed E-state index contributed by atoms with van der Waals surface area (Å²) in [6.45, 7) is 0.931. The zero-order valence-electron chi connectivity index (χ0n) is 12.2. The summed E-state index contributed by atoms with van der Waals surface area (Å²) in [5.74, 6) is 0.755. The van der Waals surface area contributed by atoms with Gasteiger partial charge in [-0.15, -0.1) is 0 Å². The number of carbonyl (C=O) groups is 1. The van der Waals surface area contributed by atoms with Gasteiger partial charge < -0.3 is 15.4 Å². The second kappa shape index (κ2) is 8.78. The van der Waals surface area contributed by atoms with Crippen LogP contribution in [0.4, 0.5) is 4.79 Å². The average molecular weight is 311 g/mol. The molecule has 2 rings (SSSR count). The number of hydrogen-bond donors (Lipinski definition) is 2. The van der Waals surface area contributed by atoms with Gasteiger partial charge in [0.2, 0.25) is 0 Å². The Labute approximate surface area is 131 Å².